The van der Waals surface area contributed by atoms with Crippen molar-refractivity contribution in [3.63, 3.8) is 0 Å². The first-order valence-corrected chi connectivity index (χ1v) is 10.3. The average Bonchev–Trinajstić information content (AvgIpc) is 2.79. The van der Waals surface area contributed by atoms with Crippen molar-refractivity contribution in [1.29, 1.82) is 0 Å². The third-order valence-corrected chi connectivity index (χ3v) is 5.67. The van der Waals surface area contributed by atoms with Crippen LogP contribution in [0.1, 0.15) is 28.2 Å². The molecule has 1 aliphatic rings. The Morgan fingerprint density at radius 1 is 0.839 bits per heavy atom. The van der Waals surface area contributed by atoms with Crippen LogP contribution in [-0.2, 0) is 0 Å². The number of halogens is 1. The Morgan fingerprint density at radius 3 is 2.10 bits per heavy atom. The quantitative estimate of drug-likeness (QED) is 0.424. The smallest absolute Gasteiger partial charge is 0.258 e. The van der Waals surface area contributed by atoms with Crippen molar-refractivity contribution in [3.8, 4) is 0 Å². The summed E-state index contributed by atoms with van der Waals surface area (Å²) in [5, 5.41) is 4.03. The van der Waals surface area contributed by atoms with Crippen molar-refractivity contribution >= 4 is 34.6 Å². The molecule has 0 saturated heterocycles. The van der Waals surface area contributed by atoms with Crippen LogP contribution < -0.4 is 16.6 Å². The van der Waals surface area contributed by atoms with E-state index < -0.39 is 0 Å². The molecule has 1 atom stereocenters. The Labute approximate surface area is 184 Å². The second-order valence-electron chi connectivity index (χ2n) is 7.34. The Morgan fingerprint density at radius 2 is 1.45 bits per heavy atom. The zero-order valence-corrected chi connectivity index (χ0v) is 17.2. The van der Waals surface area contributed by atoms with Crippen LogP contribution in [-0.4, -0.2) is 9.97 Å². The molecule has 0 bridgehead atoms. The zero-order valence-electron chi connectivity index (χ0n) is 16.5. The van der Waals surface area contributed by atoms with Crippen LogP contribution in [0.4, 0.5) is 11.8 Å². The van der Waals surface area contributed by atoms with Gasteiger partial charge in [0.1, 0.15) is 5.82 Å². The van der Waals surface area contributed by atoms with Gasteiger partial charge in [-0.1, -0.05) is 84.4 Å². The van der Waals surface area contributed by atoms with Gasteiger partial charge in [-0.15, -0.1) is 0 Å². The molecule has 0 fully saturated rings. The van der Waals surface area contributed by atoms with E-state index in [1.807, 2.05) is 84.9 Å². The number of allylic oxidation sites excluding steroid dienone is 1. The highest BCUT2D eigenvalue weighted by Gasteiger charge is 2.34. The molecule has 4 aromatic rings. The van der Waals surface area contributed by atoms with Crippen LogP contribution in [0.5, 0.6) is 0 Å². The summed E-state index contributed by atoms with van der Waals surface area (Å²) in [7, 11) is 0. The highest BCUT2D eigenvalue weighted by Crippen LogP contribution is 2.46. The van der Waals surface area contributed by atoms with Gasteiger partial charge in [-0.05, 0) is 34.4 Å². The predicted molar refractivity (Wildman–Crippen MR) is 126 cm³/mol. The van der Waals surface area contributed by atoms with Crippen molar-refractivity contribution in [2.75, 3.05) is 11.1 Å². The van der Waals surface area contributed by atoms with E-state index in [4.69, 9.17) is 17.3 Å². The van der Waals surface area contributed by atoms with Gasteiger partial charge in [-0.3, -0.25) is 9.78 Å². The third kappa shape index (κ3) is 3.49. The van der Waals surface area contributed by atoms with E-state index in [1.165, 1.54) is 0 Å². The lowest BCUT2D eigenvalue weighted by Gasteiger charge is -2.31. The maximum atomic E-state index is 13.1. The van der Waals surface area contributed by atoms with Gasteiger partial charge in [-0.2, -0.15) is 4.98 Å². The van der Waals surface area contributed by atoms with Crippen molar-refractivity contribution in [1.82, 2.24) is 9.97 Å². The molecule has 5 rings (SSSR count). The largest absolute Gasteiger partial charge is 0.369 e. The summed E-state index contributed by atoms with van der Waals surface area (Å²) < 4.78 is 0. The predicted octanol–water partition coefficient (Wildman–Crippen LogP) is 5.13. The van der Waals surface area contributed by atoms with Gasteiger partial charge in [0.15, 0.2) is 0 Å². The molecule has 0 radical (unpaired) electrons. The minimum absolute atomic E-state index is 0.0710. The van der Waals surface area contributed by atoms with Gasteiger partial charge in [-0.25, -0.2) is 0 Å². The Kier molecular flexibility index (Phi) is 4.81. The first-order chi connectivity index (χ1) is 15.1. The normalized spacial score (nSPS) is 15.3. The van der Waals surface area contributed by atoms with E-state index in [1.54, 1.807) is 0 Å². The summed E-state index contributed by atoms with van der Waals surface area (Å²) in [6, 6.07) is 27.6. The van der Waals surface area contributed by atoms with E-state index in [-0.39, 0.29) is 17.4 Å². The number of fused-ring (bicyclic) bond motifs is 1. The molecular weight excluding hydrogens is 408 g/mol. The highest BCUT2D eigenvalue weighted by molar-refractivity contribution is 6.30. The summed E-state index contributed by atoms with van der Waals surface area (Å²) in [4.78, 5) is 20.2. The molecule has 5 nitrogen and oxygen atoms in total. The summed E-state index contributed by atoms with van der Waals surface area (Å²) in [5.74, 6) is 0.171. The summed E-state index contributed by atoms with van der Waals surface area (Å²) in [6.07, 6.45) is 0. The van der Waals surface area contributed by atoms with E-state index in [9.17, 15) is 4.79 Å². The Balaban J connectivity index is 1.87. The van der Waals surface area contributed by atoms with E-state index in [2.05, 4.69) is 15.3 Å². The molecule has 2 heterocycles. The standard InChI is InChI=1S/C25H19ClN4O/c26-18-13-11-16(12-14-18)19-20(15-7-3-1-4-8-15)22(17-9-5-2-6-10-17)28-23-21(19)24(31)30-25(27)29-23/h1-14,19H,(H4,27,28,29,30,31). The van der Waals surface area contributed by atoms with Gasteiger partial charge in [0, 0.05) is 10.9 Å². The van der Waals surface area contributed by atoms with Gasteiger partial charge in [0.05, 0.1) is 11.3 Å². The fourth-order valence-corrected chi connectivity index (χ4v) is 4.21. The summed E-state index contributed by atoms with van der Waals surface area (Å²) in [6.45, 7) is 0. The van der Waals surface area contributed by atoms with Gasteiger partial charge < -0.3 is 11.1 Å². The minimum Gasteiger partial charge on any atom is -0.369 e. The second-order valence-corrected chi connectivity index (χ2v) is 7.78. The van der Waals surface area contributed by atoms with Gasteiger partial charge in [0.25, 0.3) is 5.56 Å². The highest BCUT2D eigenvalue weighted by atomic mass is 35.5. The molecule has 4 N–H and O–H groups in total. The van der Waals surface area contributed by atoms with E-state index in [0.29, 0.717) is 16.4 Å². The fraction of sp³-hybridized carbons (Fsp3) is 0.0400. The van der Waals surface area contributed by atoms with Crippen LogP contribution >= 0.6 is 11.6 Å². The van der Waals surface area contributed by atoms with Crippen LogP contribution in [0.2, 0.25) is 5.02 Å². The van der Waals surface area contributed by atoms with Crippen LogP contribution in [0.3, 0.4) is 0 Å². The summed E-state index contributed by atoms with van der Waals surface area (Å²) in [5.41, 5.74) is 10.9. The molecule has 0 spiro atoms. The monoisotopic (exact) mass is 426 g/mol. The lowest BCUT2D eigenvalue weighted by Crippen LogP contribution is -2.28. The first-order valence-electron chi connectivity index (χ1n) is 9.89. The molecule has 3 aromatic carbocycles. The van der Waals surface area contributed by atoms with Crippen LogP contribution in [0.15, 0.2) is 89.7 Å². The number of anilines is 2. The molecule has 1 aromatic heterocycles. The summed E-state index contributed by atoms with van der Waals surface area (Å²) >= 11 is 6.16. The number of rotatable bonds is 3. The van der Waals surface area contributed by atoms with Crippen molar-refractivity contribution in [2.24, 2.45) is 0 Å². The number of hydrogen-bond donors (Lipinski definition) is 3. The second kappa shape index (κ2) is 7.78. The molecular formula is C25H19ClN4O. The van der Waals surface area contributed by atoms with Crippen LogP contribution in [0.25, 0.3) is 11.3 Å². The topological polar surface area (TPSA) is 83.8 Å². The average molecular weight is 427 g/mol. The molecule has 1 aliphatic heterocycles. The number of nitrogen functional groups attached to an aromatic ring is 1. The van der Waals surface area contributed by atoms with E-state index >= 15 is 0 Å². The molecule has 0 aliphatic carbocycles. The molecule has 152 valence electrons. The van der Waals surface area contributed by atoms with Crippen molar-refractivity contribution < 1.29 is 0 Å². The van der Waals surface area contributed by atoms with Crippen molar-refractivity contribution in [2.45, 2.75) is 5.92 Å². The first kappa shape index (κ1) is 19.2. The van der Waals surface area contributed by atoms with Gasteiger partial charge >= 0.3 is 0 Å². The SMILES string of the molecule is Nc1nc2c(c(=O)[nH]1)C(c1ccc(Cl)cc1)C(c1ccccc1)=C(c1ccccc1)N2. The molecule has 0 amide bonds. The van der Waals surface area contributed by atoms with Crippen LogP contribution in [0, 0.1) is 0 Å². The molecule has 6 heteroatoms. The number of aromatic amines is 1. The molecule has 1 unspecified atom stereocenters. The minimum atomic E-state index is -0.358. The number of aromatic nitrogens is 2. The maximum Gasteiger partial charge on any atom is 0.258 e. The van der Waals surface area contributed by atoms with E-state index in [0.717, 1.165) is 28.0 Å². The van der Waals surface area contributed by atoms with Gasteiger partial charge in [0.2, 0.25) is 5.95 Å². The number of hydrogen-bond acceptors (Lipinski definition) is 4. The number of H-pyrrole nitrogens is 1. The fourth-order valence-electron chi connectivity index (χ4n) is 4.09. The number of nitrogens with two attached hydrogens (primary N) is 1. The zero-order chi connectivity index (χ0) is 21.4. The molecule has 31 heavy (non-hydrogen) atoms. The number of nitrogens with zero attached hydrogens (tertiary/aromatic N) is 1. The Hall–Kier alpha value is -3.83. The maximum absolute atomic E-state index is 13.1. The third-order valence-electron chi connectivity index (χ3n) is 5.41. The lowest BCUT2D eigenvalue weighted by molar-refractivity contribution is 0.959. The molecule has 0 saturated carbocycles. The Bertz CT molecular complexity index is 1330. The number of benzene rings is 3. The lowest BCUT2D eigenvalue weighted by atomic mass is 9.78. The van der Waals surface area contributed by atoms with Crippen molar-refractivity contribution in [3.05, 3.63) is 123 Å². The number of nitrogens with one attached hydrogen (secondary N) is 2.